The molecule has 1 aliphatic rings. The first-order chi connectivity index (χ1) is 9.58. The summed E-state index contributed by atoms with van der Waals surface area (Å²) in [7, 11) is 0. The van der Waals surface area contributed by atoms with Crippen molar-refractivity contribution in [2.24, 2.45) is 0 Å². The van der Waals surface area contributed by atoms with Crippen LogP contribution in [0.5, 0.6) is 0 Å². The summed E-state index contributed by atoms with van der Waals surface area (Å²) >= 11 is 0. The molecule has 0 atom stereocenters. The normalized spacial score (nSPS) is 18.2. The minimum atomic E-state index is -0.317. The van der Waals surface area contributed by atoms with Gasteiger partial charge in [-0.15, -0.1) is 0 Å². The molecule has 1 aromatic heterocycles. The van der Waals surface area contributed by atoms with Crippen molar-refractivity contribution >= 4 is 16.9 Å². The van der Waals surface area contributed by atoms with Gasteiger partial charge in [-0.3, -0.25) is 9.78 Å². The SMILES string of the molecule is CC1(C)COCCN1C(=O)c1cnc2ccccc2n1. The van der Waals surface area contributed by atoms with Crippen LogP contribution >= 0.6 is 0 Å². The largest absolute Gasteiger partial charge is 0.377 e. The van der Waals surface area contributed by atoms with Crippen LogP contribution in [0.1, 0.15) is 24.3 Å². The van der Waals surface area contributed by atoms with E-state index in [1.165, 1.54) is 0 Å². The van der Waals surface area contributed by atoms with Crippen LogP contribution in [-0.2, 0) is 4.74 Å². The smallest absolute Gasteiger partial charge is 0.274 e. The summed E-state index contributed by atoms with van der Waals surface area (Å²) in [6.45, 7) is 5.69. The summed E-state index contributed by atoms with van der Waals surface area (Å²) < 4.78 is 5.44. The van der Waals surface area contributed by atoms with Crippen LogP contribution in [0, 0.1) is 0 Å². The maximum Gasteiger partial charge on any atom is 0.274 e. The third kappa shape index (κ3) is 2.25. The van der Waals surface area contributed by atoms with Crippen molar-refractivity contribution in [3.05, 3.63) is 36.2 Å². The van der Waals surface area contributed by atoms with E-state index >= 15 is 0 Å². The lowest BCUT2D eigenvalue weighted by molar-refractivity contribution is -0.0373. The van der Waals surface area contributed by atoms with E-state index in [-0.39, 0.29) is 11.4 Å². The molecule has 1 fully saturated rings. The maximum absolute atomic E-state index is 12.6. The number of aromatic nitrogens is 2. The Morgan fingerprint density at radius 3 is 2.80 bits per heavy atom. The van der Waals surface area contributed by atoms with E-state index in [4.69, 9.17) is 4.74 Å². The number of carbonyl (C=O) groups is 1. The highest BCUT2D eigenvalue weighted by Crippen LogP contribution is 2.21. The predicted octanol–water partition coefficient (Wildman–Crippen LogP) is 1.88. The Morgan fingerprint density at radius 1 is 1.30 bits per heavy atom. The molecule has 3 rings (SSSR count). The average Bonchev–Trinajstić information content (AvgIpc) is 2.45. The Kier molecular flexibility index (Phi) is 3.14. The molecule has 1 aromatic carbocycles. The number of ether oxygens (including phenoxy) is 1. The molecule has 5 heteroatoms. The summed E-state index contributed by atoms with van der Waals surface area (Å²) in [5.74, 6) is -0.0865. The first kappa shape index (κ1) is 13.0. The van der Waals surface area contributed by atoms with Gasteiger partial charge < -0.3 is 9.64 Å². The zero-order valence-corrected chi connectivity index (χ0v) is 11.7. The van der Waals surface area contributed by atoms with Gasteiger partial charge in [0.15, 0.2) is 0 Å². The molecule has 1 amide bonds. The number of nitrogens with zero attached hydrogens (tertiary/aromatic N) is 3. The van der Waals surface area contributed by atoms with Crippen molar-refractivity contribution in [1.82, 2.24) is 14.9 Å². The van der Waals surface area contributed by atoms with Crippen molar-refractivity contribution in [2.75, 3.05) is 19.8 Å². The molecule has 1 saturated heterocycles. The van der Waals surface area contributed by atoms with Crippen molar-refractivity contribution in [3.8, 4) is 0 Å². The molecule has 2 heterocycles. The fraction of sp³-hybridized carbons (Fsp3) is 0.400. The molecule has 0 saturated carbocycles. The van der Waals surface area contributed by atoms with E-state index in [1.54, 1.807) is 6.20 Å². The van der Waals surface area contributed by atoms with Gasteiger partial charge in [-0.25, -0.2) is 4.98 Å². The molecule has 0 unspecified atom stereocenters. The number of rotatable bonds is 1. The van der Waals surface area contributed by atoms with E-state index in [1.807, 2.05) is 43.0 Å². The van der Waals surface area contributed by atoms with Crippen molar-refractivity contribution in [3.63, 3.8) is 0 Å². The van der Waals surface area contributed by atoms with Gasteiger partial charge in [0.1, 0.15) is 5.69 Å². The highest BCUT2D eigenvalue weighted by molar-refractivity contribution is 5.94. The number of morpholine rings is 1. The van der Waals surface area contributed by atoms with Crippen LogP contribution in [-0.4, -0.2) is 46.1 Å². The van der Waals surface area contributed by atoms with Crippen LogP contribution in [0.4, 0.5) is 0 Å². The Hall–Kier alpha value is -2.01. The predicted molar refractivity (Wildman–Crippen MR) is 75.5 cm³/mol. The lowest BCUT2D eigenvalue weighted by Gasteiger charge is -2.41. The van der Waals surface area contributed by atoms with Gasteiger partial charge in [0.2, 0.25) is 0 Å². The fourth-order valence-electron chi connectivity index (χ4n) is 2.43. The molecule has 1 aliphatic heterocycles. The van der Waals surface area contributed by atoms with E-state index in [0.717, 1.165) is 11.0 Å². The standard InChI is InChI=1S/C15H17N3O2/c1-15(2)10-20-8-7-18(15)14(19)13-9-16-11-5-3-4-6-12(11)17-13/h3-6,9H,7-8,10H2,1-2H3. The van der Waals surface area contributed by atoms with Gasteiger partial charge in [-0.2, -0.15) is 0 Å². The van der Waals surface area contributed by atoms with Crippen LogP contribution in [0.25, 0.3) is 11.0 Å². The maximum atomic E-state index is 12.6. The lowest BCUT2D eigenvalue weighted by Crippen LogP contribution is -2.55. The molecule has 5 nitrogen and oxygen atoms in total. The number of para-hydroxylation sites is 2. The molecule has 104 valence electrons. The number of carbonyl (C=O) groups excluding carboxylic acids is 1. The van der Waals surface area contributed by atoms with Gasteiger partial charge in [-0.1, -0.05) is 12.1 Å². The second kappa shape index (κ2) is 4.83. The quantitative estimate of drug-likeness (QED) is 0.794. The molecule has 2 aromatic rings. The minimum absolute atomic E-state index is 0.0865. The average molecular weight is 271 g/mol. The van der Waals surface area contributed by atoms with Crippen LogP contribution < -0.4 is 0 Å². The molecular formula is C15H17N3O2. The molecule has 0 radical (unpaired) electrons. The highest BCUT2D eigenvalue weighted by atomic mass is 16.5. The Balaban J connectivity index is 1.95. The van der Waals surface area contributed by atoms with E-state index in [0.29, 0.717) is 25.5 Å². The Bertz CT molecular complexity index is 654. The molecule has 0 N–H and O–H groups in total. The number of benzene rings is 1. The van der Waals surface area contributed by atoms with Crippen LogP contribution in [0.2, 0.25) is 0 Å². The third-order valence-corrected chi connectivity index (χ3v) is 3.56. The number of fused-ring (bicyclic) bond motifs is 1. The van der Waals surface area contributed by atoms with Gasteiger partial charge in [0.05, 0.1) is 36.0 Å². The van der Waals surface area contributed by atoms with E-state index in [9.17, 15) is 4.79 Å². The summed E-state index contributed by atoms with van der Waals surface area (Å²) in [4.78, 5) is 23.2. The molecule has 0 aliphatic carbocycles. The monoisotopic (exact) mass is 271 g/mol. The summed E-state index contributed by atoms with van der Waals surface area (Å²) in [5.41, 5.74) is 1.61. The second-order valence-corrected chi connectivity index (χ2v) is 5.57. The van der Waals surface area contributed by atoms with Gasteiger partial charge in [0.25, 0.3) is 5.91 Å². The minimum Gasteiger partial charge on any atom is -0.377 e. The summed E-state index contributed by atoms with van der Waals surface area (Å²) in [6, 6.07) is 7.55. The van der Waals surface area contributed by atoms with Crippen molar-refractivity contribution in [1.29, 1.82) is 0 Å². The third-order valence-electron chi connectivity index (χ3n) is 3.56. The van der Waals surface area contributed by atoms with Gasteiger partial charge in [-0.05, 0) is 26.0 Å². The Labute approximate surface area is 117 Å². The lowest BCUT2D eigenvalue weighted by atomic mass is 10.0. The second-order valence-electron chi connectivity index (χ2n) is 5.57. The number of hydrogen-bond donors (Lipinski definition) is 0. The fourth-order valence-corrected chi connectivity index (χ4v) is 2.43. The van der Waals surface area contributed by atoms with Gasteiger partial charge >= 0.3 is 0 Å². The van der Waals surface area contributed by atoms with Crippen molar-refractivity contribution < 1.29 is 9.53 Å². The Morgan fingerprint density at radius 2 is 2.05 bits per heavy atom. The number of hydrogen-bond acceptors (Lipinski definition) is 4. The van der Waals surface area contributed by atoms with Crippen LogP contribution in [0.15, 0.2) is 30.5 Å². The molecule has 20 heavy (non-hydrogen) atoms. The number of amides is 1. The zero-order valence-electron chi connectivity index (χ0n) is 11.7. The van der Waals surface area contributed by atoms with Crippen LogP contribution in [0.3, 0.4) is 0 Å². The summed E-state index contributed by atoms with van der Waals surface area (Å²) in [6.07, 6.45) is 1.55. The first-order valence-electron chi connectivity index (χ1n) is 6.69. The molecule has 0 spiro atoms. The topological polar surface area (TPSA) is 55.3 Å². The van der Waals surface area contributed by atoms with Gasteiger partial charge in [0, 0.05) is 6.54 Å². The van der Waals surface area contributed by atoms with Crippen molar-refractivity contribution in [2.45, 2.75) is 19.4 Å². The van der Waals surface area contributed by atoms with E-state index in [2.05, 4.69) is 9.97 Å². The summed E-state index contributed by atoms with van der Waals surface area (Å²) in [5, 5.41) is 0. The molecule has 0 bridgehead atoms. The van der Waals surface area contributed by atoms with E-state index < -0.39 is 0 Å². The first-order valence-corrected chi connectivity index (χ1v) is 6.69. The highest BCUT2D eigenvalue weighted by Gasteiger charge is 2.35. The molecular weight excluding hydrogens is 254 g/mol. The zero-order chi connectivity index (χ0) is 14.2.